The standard InChI is InChI=1S/C21H22ClF2N3O2/c22-15-4-1-5-16(14-15)25-21(29)27-11-3-10-26(12-13-27)20(28)9-8-17-18(23)6-2-7-19(17)24/h1-2,4-7,14H,3,8-13H2,(H,25,29). The Morgan fingerprint density at radius 2 is 1.62 bits per heavy atom. The van der Waals surface area contributed by atoms with Gasteiger partial charge in [-0.3, -0.25) is 4.79 Å². The quantitative estimate of drug-likeness (QED) is 0.799. The van der Waals surface area contributed by atoms with E-state index in [0.29, 0.717) is 43.3 Å². The van der Waals surface area contributed by atoms with Crippen LogP contribution in [0.1, 0.15) is 18.4 Å². The number of hydrogen-bond donors (Lipinski definition) is 1. The number of carbonyl (C=O) groups excluding carboxylic acids is 2. The van der Waals surface area contributed by atoms with E-state index in [1.165, 1.54) is 18.2 Å². The van der Waals surface area contributed by atoms with E-state index in [2.05, 4.69) is 5.32 Å². The summed E-state index contributed by atoms with van der Waals surface area (Å²) >= 11 is 5.93. The highest BCUT2D eigenvalue weighted by Crippen LogP contribution is 2.17. The van der Waals surface area contributed by atoms with E-state index in [9.17, 15) is 18.4 Å². The Morgan fingerprint density at radius 1 is 0.966 bits per heavy atom. The molecule has 1 aliphatic heterocycles. The molecule has 1 heterocycles. The number of carbonyl (C=O) groups is 2. The number of benzene rings is 2. The third-order valence-corrected chi connectivity index (χ3v) is 5.10. The molecule has 3 amide bonds. The first kappa shape index (κ1) is 21.0. The molecule has 0 radical (unpaired) electrons. The van der Waals surface area contributed by atoms with Crippen LogP contribution in [0.5, 0.6) is 0 Å². The summed E-state index contributed by atoms with van der Waals surface area (Å²) in [5.41, 5.74) is 0.532. The molecule has 1 saturated heterocycles. The van der Waals surface area contributed by atoms with Gasteiger partial charge in [0.25, 0.3) is 0 Å². The second kappa shape index (κ2) is 9.69. The number of anilines is 1. The van der Waals surface area contributed by atoms with Crippen LogP contribution >= 0.6 is 11.6 Å². The van der Waals surface area contributed by atoms with Crippen LogP contribution in [-0.4, -0.2) is 47.9 Å². The fourth-order valence-corrected chi connectivity index (χ4v) is 3.49. The molecule has 0 aliphatic carbocycles. The van der Waals surface area contributed by atoms with Gasteiger partial charge >= 0.3 is 6.03 Å². The van der Waals surface area contributed by atoms with Crippen molar-refractivity contribution in [2.45, 2.75) is 19.3 Å². The molecule has 5 nitrogen and oxygen atoms in total. The van der Waals surface area contributed by atoms with Crippen molar-refractivity contribution >= 4 is 29.2 Å². The predicted octanol–water partition coefficient (Wildman–Crippen LogP) is 4.32. The number of amides is 3. The summed E-state index contributed by atoms with van der Waals surface area (Å²) in [6, 6.07) is 10.3. The summed E-state index contributed by atoms with van der Waals surface area (Å²) in [7, 11) is 0. The Labute approximate surface area is 173 Å². The monoisotopic (exact) mass is 421 g/mol. The third kappa shape index (κ3) is 5.67. The molecule has 0 spiro atoms. The van der Waals surface area contributed by atoms with Crippen molar-refractivity contribution in [3.8, 4) is 0 Å². The highest BCUT2D eigenvalue weighted by molar-refractivity contribution is 6.30. The number of nitrogens with one attached hydrogen (secondary N) is 1. The smallest absolute Gasteiger partial charge is 0.321 e. The van der Waals surface area contributed by atoms with Gasteiger partial charge in [0.05, 0.1) is 0 Å². The molecular formula is C21H22ClF2N3O2. The molecule has 1 aliphatic rings. The van der Waals surface area contributed by atoms with Crippen molar-refractivity contribution in [3.05, 3.63) is 64.7 Å². The zero-order chi connectivity index (χ0) is 20.8. The molecule has 1 N–H and O–H groups in total. The maximum Gasteiger partial charge on any atom is 0.321 e. The number of nitrogens with zero attached hydrogens (tertiary/aromatic N) is 2. The molecule has 2 aromatic rings. The van der Waals surface area contributed by atoms with Crippen molar-refractivity contribution in [2.24, 2.45) is 0 Å². The Hall–Kier alpha value is -2.67. The highest BCUT2D eigenvalue weighted by Gasteiger charge is 2.22. The van der Waals surface area contributed by atoms with Gasteiger partial charge in [-0.1, -0.05) is 23.7 Å². The molecule has 1 fully saturated rings. The van der Waals surface area contributed by atoms with Crippen LogP contribution in [0.2, 0.25) is 5.02 Å². The van der Waals surface area contributed by atoms with Crippen LogP contribution in [0.15, 0.2) is 42.5 Å². The summed E-state index contributed by atoms with van der Waals surface area (Å²) < 4.78 is 27.5. The van der Waals surface area contributed by atoms with Gasteiger partial charge in [-0.25, -0.2) is 13.6 Å². The van der Waals surface area contributed by atoms with E-state index in [-0.39, 0.29) is 30.3 Å². The average molecular weight is 422 g/mol. The summed E-state index contributed by atoms with van der Waals surface area (Å²) in [4.78, 5) is 28.3. The molecule has 2 aromatic carbocycles. The van der Waals surface area contributed by atoms with Crippen LogP contribution in [0.4, 0.5) is 19.3 Å². The molecule has 0 bridgehead atoms. The van der Waals surface area contributed by atoms with Crippen LogP contribution in [-0.2, 0) is 11.2 Å². The van der Waals surface area contributed by atoms with Crippen LogP contribution in [0, 0.1) is 11.6 Å². The van der Waals surface area contributed by atoms with Crippen molar-refractivity contribution in [3.63, 3.8) is 0 Å². The first-order valence-corrected chi connectivity index (χ1v) is 9.84. The molecule has 0 aromatic heterocycles. The zero-order valence-electron chi connectivity index (χ0n) is 15.8. The lowest BCUT2D eigenvalue weighted by atomic mass is 10.1. The van der Waals surface area contributed by atoms with Gasteiger partial charge in [-0.2, -0.15) is 0 Å². The number of halogens is 3. The van der Waals surface area contributed by atoms with Crippen molar-refractivity contribution in [1.82, 2.24) is 9.80 Å². The lowest BCUT2D eigenvalue weighted by Crippen LogP contribution is -2.39. The Morgan fingerprint density at radius 3 is 2.34 bits per heavy atom. The normalized spacial score (nSPS) is 14.4. The van der Waals surface area contributed by atoms with Gasteiger partial charge in [0, 0.05) is 48.9 Å². The largest absolute Gasteiger partial charge is 0.341 e. The second-order valence-electron chi connectivity index (χ2n) is 6.86. The van der Waals surface area contributed by atoms with Crippen LogP contribution < -0.4 is 5.32 Å². The molecule has 0 atom stereocenters. The maximum absolute atomic E-state index is 13.7. The third-order valence-electron chi connectivity index (χ3n) is 4.86. The lowest BCUT2D eigenvalue weighted by Gasteiger charge is -2.22. The molecule has 8 heteroatoms. The fraction of sp³-hybridized carbons (Fsp3) is 0.333. The van der Waals surface area contributed by atoms with Gasteiger partial charge in [-0.05, 0) is 43.2 Å². The van der Waals surface area contributed by atoms with E-state index in [1.807, 2.05) is 0 Å². The highest BCUT2D eigenvalue weighted by atomic mass is 35.5. The van der Waals surface area contributed by atoms with E-state index in [0.717, 1.165) is 0 Å². The summed E-state index contributed by atoms with van der Waals surface area (Å²) in [5, 5.41) is 3.33. The maximum atomic E-state index is 13.7. The fourth-order valence-electron chi connectivity index (χ4n) is 3.30. The van der Waals surface area contributed by atoms with Crippen LogP contribution in [0.25, 0.3) is 0 Å². The second-order valence-corrected chi connectivity index (χ2v) is 7.30. The minimum Gasteiger partial charge on any atom is -0.341 e. The molecule has 29 heavy (non-hydrogen) atoms. The first-order chi connectivity index (χ1) is 13.9. The van der Waals surface area contributed by atoms with E-state index in [1.54, 1.807) is 34.1 Å². The molecular weight excluding hydrogens is 400 g/mol. The van der Waals surface area contributed by atoms with E-state index < -0.39 is 11.6 Å². The zero-order valence-corrected chi connectivity index (χ0v) is 16.6. The van der Waals surface area contributed by atoms with Gasteiger partial charge in [0.1, 0.15) is 11.6 Å². The SMILES string of the molecule is O=C(CCc1c(F)cccc1F)N1CCCN(C(=O)Nc2cccc(Cl)c2)CC1. The molecule has 0 saturated carbocycles. The predicted molar refractivity (Wildman–Crippen MR) is 108 cm³/mol. The van der Waals surface area contributed by atoms with E-state index >= 15 is 0 Å². The lowest BCUT2D eigenvalue weighted by molar-refractivity contribution is -0.131. The van der Waals surface area contributed by atoms with Gasteiger partial charge < -0.3 is 15.1 Å². The van der Waals surface area contributed by atoms with Crippen LogP contribution in [0.3, 0.4) is 0 Å². The Bertz CT molecular complexity index is 874. The number of urea groups is 1. The first-order valence-electron chi connectivity index (χ1n) is 9.46. The van der Waals surface area contributed by atoms with Crippen molar-refractivity contribution in [2.75, 3.05) is 31.5 Å². The summed E-state index contributed by atoms with van der Waals surface area (Å²) in [5.74, 6) is -1.46. The molecule has 0 unspecified atom stereocenters. The summed E-state index contributed by atoms with van der Waals surface area (Å²) in [6.45, 7) is 1.77. The summed E-state index contributed by atoms with van der Waals surface area (Å²) in [6.07, 6.45) is 0.655. The number of rotatable bonds is 4. The molecule has 154 valence electrons. The Balaban J connectivity index is 1.52. The van der Waals surface area contributed by atoms with Crippen molar-refractivity contribution < 1.29 is 18.4 Å². The number of hydrogen-bond acceptors (Lipinski definition) is 2. The average Bonchev–Trinajstić information content (AvgIpc) is 2.94. The Kier molecular flexibility index (Phi) is 7.04. The topological polar surface area (TPSA) is 52.7 Å². The van der Waals surface area contributed by atoms with E-state index in [4.69, 9.17) is 11.6 Å². The molecule has 3 rings (SSSR count). The minimum absolute atomic E-state index is 0.00675. The van der Waals surface area contributed by atoms with Gasteiger partial charge in [0.15, 0.2) is 0 Å². The minimum atomic E-state index is -0.641. The van der Waals surface area contributed by atoms with Gasteiger partial charge in [0.2, 0.25) is 5.91 Å². The van der Waals surface area contributed by atoms with Crippen molar-refractivity contribution in [1.29, 1.82) is 0 Å². The van der Waals surface area contributed by atoms with Gasteiger partial charge in [-0.15, -0.1) is 0 Å².